The van der Waals surface area contributed by atoms with E-state index in [0.717, 1.165) is 32.0 Å². The summed E-state index contributed by atoms with van der Waals surface area (Å²) in [5.41, 5.74) is -0.0467. The highest BCUT2D eigenvalue weighted by Gasteiger charge is 2.22. The molecule has 1 aliphatic heterocycles. The van der Waals surface area contributed by atoms with E-state index in [9.17, 15) is 9.18 Å². The summed E-state index contributed by atoms with van der Waals surface area (Å²) >= 11 is 5.85. The first kappa shape index (κ1) is 12.1. The van der Waals surface area contributed by atoms with Crippen LogP contribution in [0, 0.1) is 5.82 Å². The van der Waals surface area contributed by atoms with Gasteiger partial charge in [0.25, 0.3) is 0 Å². The highest BCUT2D eigenvalue weighted by atomic mass is 35.5. The maximum Gasteiger partial charge on any atom is 0.341 e. The minimum atomic E-state index is -0.686. The van der Waals surface area contributed by atoms with E-state index in [1.54, 1.807) is 0 Å². The summed E-state index contributed by atoms with van der Waals surface area (Å²) in [6, 6.07) is 1.08. The monoisotopic (exact) mass is 258 g/mol. The highest BCUT2D eigenvalue weighted by molar-refractivity contribution is 6.32. The van der Waals surface area contributed by atoms with E-state index in [2.05, 4.69) is 9.72 Å². The number of aromatic nitrogens is 1. The first-order valence-electron chi connectivity index (χ1n) is 5.33. The smallest absolute Gasteiger partial charge is 0.341 e. The lowest BCUT2D eigenvalue weighted by atomic mass is 10.2. The van der Waals surface area contributed by atoms with Crippen LogP contribution in [-0.2, 0) is 4.74 Å². The van der Waals surface area contributed by atoms with Gasteiger partial charge in [-0.25, -0.2) is 14.2 Å². The summed E-state index contributed by atoms with van der Waals surface area (Å²) < 4.78 is 18.3. The molecule has 0 atom stereocenters. The lowest BCUT2D eigenvalue weighted by molar-refractivity contribution is 0.0600. The molecule has 0 aromatic carbocycles. The number of halogens is 2. The molecule has 92 valence electrons. The topological polar surface area (TPSA) is 42.4 Å². The van der Waals surface area contributed by atoms with Gasteiger partial charge in [0, 0.05) is 13.1 Å². The number of hydrogen-bond acceptors (Lipinski definition) is 4. The van der Waals surface area contributed by atoms with Gasteiger partial charge in [-0.2, -0.15) is 0 Å². The largest absolute Gasteiger partial charge is 0.465 e. The van der Waals surface area contributed by atoms with Gasteiger partial charge in [-0.3, -0.25) is 0 Å². The molecule has 0 saturated carbocycles. The first-order valence-corrected chi connectivity index (χ1v) is 5.70. The van der Waals surface area contributed by atoms with E-state index in [1.165, 1.54) is 7.11 Å². The minimum Gasteiger partial charge on any atom is -0.465 e. The number of carbonyl (C=O) groups excluding carboxylic acids is 1. The lowest BCUT2D eigenvalue weighted by Gasteiger charge is -2.17. The van der Waals surface area contributed by atoms with Crippen molar-refractivity contribution in [3.63, 3.8) is 0 Å². The second-order valence-corrected chi connectivity index (χ2v) is 4.18. The van der Waals surface area contributed by atoms with Crippen molar-refractivity contribution in [3.8, 4) is 0 Å². The first-order chi connectivity index (χ1) is 8.13. The van der Waals surface area contributed by atoms with Gasteiger partial charge in [0.1, 0.15) is 10.7 Å². The Kier molecular flexibility index (Phi) is 3.47. The van der Waals surface area contributed by atoms with Gasteiger partial charge in [0.15, 0.2) is 11.6 Å². The van der Waals surface area contributed by atoms with E-state index in [0.29, 0.717) is 0 Å². The van der Waals surface area contributed by atoms with Crippen LogP contribution in [0.2, 0.25) is 5.15 Å². The summed E-state index contributed by atoms with van der Waals surface area (Å²) in [7, 11) is 1.21. The fraction of sp³-hybridized carbons (Fsp3) is 0.455. The molecule has 17 heavy (non-hydrogen) atoms. The Labute approximate surface area is 103 Å². The molecule has 1 saturated heterocycles. The Morgan fingerprint density at radius 1 is 1.53 bits per heavy atom. The number of esters is 1. The fourth-order valence-corrected chi connectivity index (χ4v) is 2.07. The molecule has 1 fully saturated rings. The zero-order valence-electron chi connectivity index (χ0n) is 9.37. The number of ether oxygens (including phenoxy) is 1. The van der Waals surface area contributed by atoms with Crippen molar-refractivity contribution >= 4 is 23.4 Å². The summed E-state index contributed by atoms with van der Waals surface area (Å²) in [4.78, 5) is 17.1. The van der Waals surface area contributed by atoms with Gasteiger partial charge in [-0.15, -0.1) is 0 Å². The van der Waals surface area contributed by atoms with Crippen molar-refractivity contribution in [3.05, 3.63) is 22.6 Å². The van der Waals surface area contributed by atoms with E-state index >= 15 is 0 Å². The number of pyridine rings is 1. The maximum atomic E-state index is 13.8. The van der Waals surface area contributed by atoms with Crippen LogP contribution in [0.1, 0.15) is 23.2 Å². The SMILES string of the molecule is COC(=O)c1cc(F)c(N2CCCC2)nc1Cl. The molecule has 0 bridgehead atoms. The van der Waals surface area contributed by atoms with Crippen LogP contribution in [0.3, 0.4) is 0 Å². The normalized spacial score (nSPS) is 15.1. The molecular formula is C11H12ClFN2O2. The Bertz CT molecular complexity index is 447. The number of nitrogens with zero attached hydrogens (tertiary/aromatic N) is 2. The van der Waals surface area contributed by atoms with Crippen molar-refractivity contribution in [1.82, 2.24) is 4.98 Å². The van der Waals surface area contributed by atoms with Gasteiger partial charge in [0.05, 0.1) is 7.11 Å². The van der Waals surface area contributed by atoms with Crippen molar-refractivity contribution in [1.29, 1.82) is 0 Å². The summed E-state index contributed by atoms with van der Waals surface area (Å²) in [6.07, 6.45) is 2.02. The number of hydrogen-bond donors (Lipinski definition) is 0. The van der Waals surface area contributed by atoms with Crippen LogP contribution < -0.4 is 4.90 Å². The van der Waals surface area contributed by atoms with Gasteiger partial charge >= 0.3 is 5.97 Å². The average molecular weight is 259 g/mol. The number of methoxy groups -OCH3 is 1. The van der Waals surface area contributed by atoms with E-state index in [-0.39, 0.29) is 16.5 Å². The van der Waals surface area contributed by atoms with Gasteiger partial charge in [-0.05, 0) is 18.9 Å². The van der Waals surface area contributed by atoms with Crippen molar-refractivity contribution in [2.75, 3.05) is 25.1 Å². The lowest BCUT2D eigenvalue weighted by Crippen LogP contribution is -2.21. The molecule has 6 heteroatoms. The molecule has 1 aromatic rings. The molecule has 0 aliphatic carbocycles. The third-order valence-electron chi connectivity index (χ3n) is 2.72. The fourth-order valence-electron chi connectivity index (χ4n) is 1.86. The Balaban J connectivity index is 2.37. The van der Waals surface area contributed by atoms with Gasteiger partial charge in [0.2, 0.25) is 0 Å². The maximum absolute atomic E-state index is 13.8. The van der Waals surface area contributed by atoms with Crippen molar-refractivity contribution in [2.24, 2.45) is 0 Å². The summed E-state index contributed by atoms with van der Waals surface area (Å²) in [6.45, 7) is 1.52. The molecule has 0 spiro atoms. The molecule has 1 aliphatic rings. The Morgan fingerprint density at radius 3 is 2.76 bits per heavy atom. The molecule has 2 heterocycles. The van der Waals surface area contributed by atoms with E-state index < -0.39 is 11.8 Å². The number of anilines is 1. The quantitative estimate of drug-likeness (QED) is 0.603. The van der Waals surface area contributed by atoms with Crippen molar-refractivity contribution in [2.45, 2.75) is 12.8 Å². The van der Waals surface area contributed by atoms with Crippen LogP contribution in [0.4, 0.5) is 10.2 Å². The molecule has 1 aromatic heterocycles. The van der Waals surface area contributed by atoms with Crippen LogP contribution in [-0.4, -0.2) is 31.2 Å². The molecule has 4 nitrogen and oxygen atoms in total. The Morgan fingerprint density at radius 2 is 2.18 bits per heavy atom. The second-order valence-electron chi connectivity index (χ2n) is 3.82. The third-order valence-corrected chi connectivity index (χ3v) is 3.01. The van der Waals surface area contributed by atoms with Crippen LogP contribution >= 0.6 is 11.6 Å². The predicted octanol–water partition coefficient (Wildman–Crippen LogP) is 2.26. The highest BCUT2D eigenvalue weighted by Crippen LogP contribution is 2.26. The number of rotatable bonds is 2. The number of carbonyl (C=O) groups is 1. The molecule has 0 radical (unpaired) electrons. The Hall–Kier alpha value is -1.36. The van der Waals surface area contributed by atoms with Crippen LogP contribution in [0.5, 0.6) is 0 Å². The van der Waals surface area contributed by atoms with E-state index in [4.69, 9.17) is 11.6 Å². The molecular weight excluding hydrogens is 247 g/mol. The molecule has 0 unspecified atom stereocenters. The van der Waals surface area contributed by atoms with E-state index in [1.807, 2.05) is 4.90 Å². The van der Waals surface area contributed by atoms with Gasteiger partial charge in [-0.1, -0.05) is 11.6 Å². The van der Waals surface area contributed by atoms with Crippen LogP contribution in [0.25, 0.3) is 0 Å². The average Bonchev–Trinajstić information content (AvgIpc) is 2.84. The zero-order chi connectivity index (χ0) is 12.4. The zero-order valence-corrected chi connectivity index (χ0v) is 10.1. The summed E-state index contributed by atoms with van der Waals surface area (Å²) in [5, 5.41) is -0.0276. The predicted molar refractivity (Wildman–Crippen MR) is 62.0 cm³/mol. The minimum absolute atomic E-state index is 0.0276. The van der Waals surface area contributed by atoms with Crippen LogP contribution in [0.15, 0.2) is 6.07 Å². The third kappa shape index (κ3) is 2.34. The van der Waals surface area contributed by atoms with Crippen molar-refractivity contribution < 1.29 is 13.9 Å². The summed E-state index contributed by atoms with van der Waals surface area (Å²) in [5.74, 6) is -1.02. The van der Waals surface area contributed by atoms with Gasteiger partial charge < -0.3 is 9.64 Å². The standard InChI is InChI=1S/C11H12ClFN2O2/c1-17-11(16)7-6-8(13)10(14-9(7)12)15-4-2-3-5-15/h6H,2-5H2,1H3. The molecule has 2 rings (SSSR count). The molecule has 0 amide bonds. The second kappa shape index (κ2) is 4.87. The molecule has 0 N–H and O–H groups in total.